The van der Waals surface area contributed by atoms with Crippen molar-refractivity contribution in [3.63, 3.8) is 0 Å². The van der Waals surface area contributed by atoms with Gasteiger partial charge in [0.15, 0.2) is 5.78 Å². The number of benzene rings is 2. The maximum Gasteiger partial charge on any atom is 0.216 e. The molecule has 0 saturated heterocycles. The largest absolute Gasteiger partial charge is 0.481 e. The summed E-state index contributed by atoms with van der Waals surface area (Å²) in [6.45, 7) is 1.94. The van der Waals surface area contributed by atoms with E-state index in [0.717, 1.165) is 16.5 Å². The normalized spacial score (nSPS) is 10.6. The second-order valence-electron chi connectivity index (χ2n) is 4.92. The Balaban J connectivity index is 2.07. The van der Waals surface area contributed by atoms with Crippen LogP contribution in [0.25, 0.3) is 10.9 Å². The number of hydrogen-bond acceptors (Lipinski definition) is 3. The van der Waals surface area contributed by atoms with Crippen LogP contribution in [0.1, 0.15) is 21.5 Å². The van der Waals surface area contributed by atoms with Crippen LogP contribution in [0.15, 0.2) is 54.6 Å². The molecule has 0 aliphatic rings. The summed E-state index contributed by atoms with van der Waals surface area (Å²) in [7, 11) is 1.61. The molecule has 0 spiro atoms. The number of aryl methyl sites for hydroxylation is 1. The monoisotopic (exact) mass is 277 g/mol. The number of ketones is 1. The quantitative estimate of drug-likeness (QED) is 0.684. The number of nitrogens with zero attached hydrogens (tertiary/aromatic N) is 1. The molecule has 0 fully saturated rings. The van der Waals surface area contributed by atoms with Crippen molar-refractivity contribution in [1.29, 1.82) is 0 Å². The number of hydrogen-bond donors (Lipinski definition) is 0. The number of carbonyl (C=O) groups is 1. The zero-order chi connectivity index (χ0) is 14.8. The van der Waals surface area contributed by atoms with Crippen LogP contribution in [0.3, 0.4) is 0 Å². The Bertz CT molecular complexity index is 810. The molecule has 0 unspecified atom stereocenters. The van der Waals surface area contributed by atoms with Crippen molar-refractivity contribution in [3.05, 3.63) is 71.3 Å². The molecular formula is C18H15NO2. The molecule has 1 aromatic heterocycles. The Morgan fingerprint density at radius 1 is 1.00 bits per heavy atom. The Morgan fingerprint density at radius 2 is 1.76 bits per heavy atom. The Hall–Kier alpha value is -2.68. The second kappa shape index (κ2) is 5.37. The minimum Gasteiger partial charge on any atom is -0.481 e. The molecule has 21 heavy (non-hydrogen) atoms. The Labute approximate surface area is 123 Å². The Kier molecular flexibility index (Phi) is 3.40. The second-order valence-corrected chi connectivity index (χ2v) is 4.92. The van der Waals surface area contributed by atoms with Crippen molar-refractivity contribution in [3.8, 4) is 5.88 Å². The minimum absolute atomic E-state index is 0.0194. The first-order valence-electron chi connectivity index (χ1n) is 6.74. The van der Waals surface area contributed by atoms with Gasteiger partial charge in [0.1, 0.15) is 0 Å². The number of ether oxygens (including phenoxy) is 1. The molecule has 0 bridgehead atoms. The van der Waals surface area contributed by atoms with E-state index in [4.69, 9.17) is 4.74 Å². The maximum atomic E-state index is 12.5. The van der Waals surface area contributed by atoms with Crippen LogP contribution in [0.5, 0.6) is 5.88 Å². The lowest BCUT2D eigenvalue weighted by Gasteiger charge is -2.07. The topological polar surface area (TPSA) is 39.2 Å². The third-order valence-electron chi connectivity index (χ3n) is 3.45. The fraction of sp³-hybridized carbons (Fsp3) is 0.111. The highest BCUT2D eigenvalue weighted by Gasteiger charge is 2.10. The number of carbonyl (C=O) groups excluding carboxylic acids is 1. The van der Waals surface area contributed by atoms with E-state index in [9.17, 15) is 4.79 Å². The molecule has 0 amide bonds. The van der Waals surface area contributed by atoms with E-state index in [-0.39, 0.29) is 5.78 Å². The summed E-state index contributed by atoms with van der Waals surface area (Å²) in [5.74, 6) is 0.635. The fourth-order valence-corrected chi connectivity index (χ4v) is 2.37. The molecule has 3 aromatic rings. The van der Waals surface area contributed by atoms with Gasteiger partial charge in [0, 0.05) is 22.1 Å². The number of rotatable bonds is 3. The zero-order valence-electron chi connectivity index (χ0n) is 12.0. The highest BCUT2D eigenvalue weighted by Crippen LogP contribution is 2.23. The van der Waals surface area contributed by atoms with Gasteiger partial charge in [-0.15, -0.1) is 0 Å². The first kappa shape index (κ1) is 13.3. The first-order chi connectivity index (χ1) is 10.2. The van der Waals surface area contributed by atoms with Crippen LogP contribution < -0.4 is 4.74 Å². The summed E-state index contributed by atoms with van der Waals surface area (Å²) in [6, 6.07) is 16.8. The molecule has 0 atom stereocenters. The highest BCUT2D eigenvalue weighted by atomic mass is 16.5. The molecule has 0 aliphatic carbocycles. The van der Waals surface area contributed by atoms with E-state index >= 15 is 0 Å². The molecule has 3 rings (SSSR count). The lowest BCUT2D eigenvalue weighted by atomic mass is 10.0. The van der Waals surface area contributed by atoms with Gasteiger partial charge in [-0.2, -0.15) is 0 Å². The molecule has 3 heteroatoms. The van der Waals surface area contributed by atoms with Crippen LogP contribution in [-0.4, -0.2) is 17.9 Å². The van der Waals surface area contributed by atoms with E-state index in [1.54, 1.807) is 13.2 Å². The molecule has 0 radical (unpaired) electrons. The zero-order valence-corrected chi connectivity index (χ0v) is 12.0. The third-order valence-corrected chi connectivity index (χ3v) is 3.45. The number of pyridine rings is 1. The molecular weight excluding hydrogens is 262 g/mol. The van der Waals surface area contributed by atoms with E-state index in [0.29, 0.717) is 17.0 Å². The standard InChI is InChI=1S/C18H15NO2/c1-12-10-15-11-14(8-9-16(15)19-18(12)21-2)17(20)13-6-4-3-5-7-13/h3-11H,1-2H3. The number of methoxy groups -OCH3 is 1. The molecule has 104 valence electrons. The van der Waals surface area contributed by atoms with Gasteiger partial charge >= 0.3 is 0 Å². The molecule has 0 aliphatic heterocycles. The van der Waals surface area contributed by atoms with Gasteiger partial charge < -0.3 is 4.74 Å². The fourth-order valence-electron chi connectivity index (χ4n) is 2.37. The van der Waals surface area contributed by atoms with Gasteiger partial charge in [0.2, 0.25) is 5.88 Å². The predicted octanol–water partition coefficient (Wildman–Crippen LogP) is 3.78. The van der Waals surface area contributed by atoms with E-state index in [2.05, 4.69) is 4.98 Å². The summed E-state index contributed by atoms with van der Waals surface area (Å²) in [6.07, 6.45) is 0. The van der Waals surface area contributed by atoms with Crippen molar-refractivity contribution in [1.82, 2.24) is 4.98 Å². The summed E-state index contributed by atoms with van der Waals surface area (Å²) >= 11 is 0. The summed E-state index contributed by atoms with van der Waals surface area (Å²) in [4.78, 5) is 16.9. The van der Waals surface area contributed by atoms with Gasteiger partial charge in [0.05, 0.1) is 12.6 Å². The van der Waals surface area contributed by atoms with Gasteiger partial charge in [-0.05, 0) is 31.2 Å². The summed E-state index contributed by atoms with van der Waals surface area (Å²) < 4.78 is 5.22. The summed E-state index contributed by atoms with van der Waals surface area (Å²) in [5, 5.41) is 0.940. The van der Waals surface area contributed by atoms with Crippen LogP contribution >= 0.6 is 0 Å². The maximum absolute atomic E-state index is 12.5. The van der Waals surface area contributed by atoms with E-state index in [1.165, 1.54) is 0 Å². The lowest BCUT2D eigenvalue weighted by Crippen LogP contribution is -2.01. The Morgan fingerprint density at radius 3 is 2.48 bits per heavy atom. The van der Waals surface area contributed by atoms with Crippen LogP contribution in [0.2, 0.25) is 0 Å². The van der Waals surface area contributed by atoms with Crippen LogP contribution in [-0.2, 0) is 0 Å². The average molecular weight is 277 g/mol. The molecule has 0 saturated carbocycles. The molecule has 3 nitrogen and oxygen atoms in total. The molecule has 2 aromatic carbocycles. The van der Waals surface area contributed by atoms with Crippen molar-refractivity contribution in [2.45, 2.75) is 6.92 Å². The van der Waals surface area contributed by atoms with Gasteiger partial charge in [-0.1, -0.05) is 30.3 Å². The van der Waals surface area contributed by atoms with Gasteiger partial charge in [-0.25, -0.2) is 4.98 Å². The molecule has 0 N–H and O–H groups in total. The van der Waals surface area contributed by atoms with Crippen molar-refractivity contribution >= 4 is 16.7 Å². The van der Waals surface area contributed by atoms with E-state index < -0.39 is 0 Å². The van der Waals surface area contributed by atoms with E-state index in [1.807, 2.05) is 55.5 Å². The summed E-state index contributed by atoms with van der Waals surface area (Å²) in [5.41, 5.74) is 3.13. The SMILES string of the molecule is COc1nc2ccc(C(=O)c3ccccc3)cc2cc1C. The van der Waals surface area contributed by atoms with Crippen molar-refractivity contribution in [2.24, 2.45) is 0 Å². The third kappa shape index (κ3) is 2.50. The first-order valence-corrected chi connectivity index (χ1v) is 6.74. The number of aromatic nitrogens is 1. The highest BCUT2D eigenvalue weighted by molar-refractivity contribution is 6.10. The van der Waals surface area contributed by atoms with Crippen molar-refractivity contribution < 1.29 is 9.53 Å². The van der Waals surface area contributed by atoms with Crippen molar-refractivity contribution in [2.75, 3.05) is 7.11 Å². The van der Waals surface area contributed by atoms with Gasteiger partial charge in [0.25, 0.3) is 0 Å². The van der Waals surface area contributed by atoms with Crippen LogP contribution in [0.4, 0.5) is 0 Å². The van der Waals surface area contributed by atoms with Gasteiger partial charge in [-0.3, -0.25) is 4.79 Å². The smallest absolute Gasteiger partial charge is 0.216 e. The minimum atomic E-state index is 0.0194. The average Bonchev–Trinajstić information content (AvgIpc) is 2.53. The predicted molar refractivity (Wildman–Crippen MR) is 82.9 cm³/mol. The lowest BCUT2D eigenvalue weighted by molar-refractivity contribution is 0.103. The number of fused-ring (bicyclic) bond motifs is 1. The molecule has 1 heterocycles. The van der Waals surface area contributed by atoms with Crippen LogP contribution in [0, 0.1) is 6.92 Å².